The van der Waals surface area contributed by atoms with E-state index in [2.05, 4.69) is 36.9 Å². The number of amides is 2. The second kappa shape index (κ2) is 11.4. The Kier molecular flexibility index (Phi) is 8.47. The van der Waals surface area contributed by atoms with Gasteiger partial charge in [-0.05, 0) is 68.0 Å². The van der Waals surface area contributed by atoms with E-state index in [9.17, 15) is 9.59 Å². The van der Waals surface area contributed by atoms with Crippen LogP contribution in [0.1, 0.15) is 37.7 Å². The minimum Gasteiger partial charge on any atom is -0.449 e. The number of carbonyl (C=O) groups excluding carboxylic acids is 2. The summed E-state index contributed by atoms with van der Waals surface area (Å²) in [4.78, 5) is 35.8. The highest BCUT2D eigenvalue weighted by Crippen LogP contribution is 2.33. The molecule has 0 bridgehead atoms. The normalized spacial score (nSPS) is 19.5. The van der Waals surface area contributed by atoms with Gasteiger partial charge < -0.3 is 14.5 Å². The summed E-state index contributed by atoms with van der Waals surface area (Å²) >= 11 is 1.76. The van der Waals surface area contributed by atoms with Gasteiger partial charge in [0.1, 0.15) is 0 Å². The maximum absolute atomic E-state index is 12.8. The average molecular weight is 517 g/mol. The molecule has 2 saturated heterocycles. The standard InChI is InChI=1S/C26H40N4O3SSi/c1-34-25(27-19-35(2,3)4)28-14-9-20(10-15-28)12-17-33-26(32)30-16-11-21-18-22(7-8-23(21)30)29-13-5-6-24(29)31/h7-8,18,20H,5-6,9-17,19H2,1-4H3/b27-25-. The summed E-state index contributed by atoms with van der Waals surface area (Å²) < 4.78 is 5.69. The van der Waals surface area contributed by atoms with Crippen LogP contribution < -0.4 is 9.80 Å². The molecular weight excluding hydrogens is 476 g/mol. The molecule has 3 heterocycles. The molecule has 1 aromatic carbocycles. The van der Waals surface area contributed by atoms with Crippen molar-refractivity contribution in [3.8, 4) is 0 Å². The van der Waals surface area contributed by atoms with Gasteiger partial charge in [-0.25, -0.2) is 4.79 Å². The molecule has 0 unspecified atom stereocenters. The van der Waals surface area contributed by atoms with Crippen molar-refractivity contribution < 1.29 is 14.3 Å². The van der Waals surface area contributed by atoms with E-state index in [4.69, 9.17) is 9.73 Å². The first kappa shape index (κ1) is 26.1. The summed E-state index contributed by atoms with van der Waals surface area (Å²) in [6, 6.07) is 5.99. The number of nitrogens with zero attached hydrogens (tertiary/aromatic N) is 4. The zero-order chi connectivity index (χ0) is 25.0. The molecule has 9 heteroatoms. The van der Waals surface area contributed by atoms with Crippen LogP contribution in [0.5, 0.6) is 0 Å². The van der Waals surface area contributed by atoms with Gasteiger partial charge in [-0.1, -0.05) is 31.4 Å². The number of benzene rings is 1. The molecule has 0 radical (unpaired) electrons. The Bertz CT molecular complexity index is 956. The number of amidine groups is 1. The molecule has 0 spiro atoms. The van der Waals surface area contributed by atoms with Crippen LogP contribution in [0.2, 0.25) is 19.6 Å². The van der Waals surface area contributed by atoms with Gasteiger partial charge in [0.05, 0.1) is 20.4 Å². The van der Waals surface area contributed by atoms with E-state index in [1.165, 1.54) is 5.17 Å². The Morgan fingerprint density at radius 3 is 2.57 bits per heavy atom. The quantitative estimate of drug-likeness (QED) is 0.302. The van der Waals surface area contributed by atoms with Gasteiger partial charge >= 0.3 is 6.09 Å². The number of fused-ring (bicyclic) bond motifs is 1. The molecule has 4 rings (SSSR count). The minimum absolute atomic E-state index is 0.188. The SMILES string of the molecule is CS/C(=N\C[Si](C)(C)C)N1CCC(CCOC(=O)N2CCc3cc(N4CCCC4=O)ccc32)CC1. The van der Waals surface area contributed by atoms with Crippen LogP contribution in [-0.2, 0) is 16.0 Å². The number of rotatable bonds is 6. The Hall–Kier alpha value is -2.00. The van der Waals surface area contributed by atoms with Crippen LogP contribution in [0.15, 0.2) is 23.2 Å². The fraction of sp³-hybridized carbons (Fsp3) is 0.654. The van der Waals surface area contributed by atoms with Crippen LogP contribution in [0.25, 0.3) is 0 Å². The van der Waals surface area contributed by atoms with Gasteiger partial charge in [-0.3, -0.25) is 14.7 Å². The minimum atomic E-state index is -1.18. The number of thioether (sulfide) groups is 1. The zero-order valence-electron chi connectivity index (χ0n) is 21.7. The van der Waals surface area contributed by atoms with Crippen molar-refractivity contribution in [3.63, 3.8) is 0 Å². The second-order valence-corrected chi connectivity index (χ2v) is 17.3. The topological polar surface area (TPSA) is 65.5 Å². The molecule has 192 valence electrons. The first-order valence-electron chi connectivity index (χ1n) is 13.0. The lowest BCUT2D eigenvalue weighted by atomic mass is 9.94. The highest BCUT2D eigenvalue weighted by Gasteiger charge is 2.29. The largest absolute Gasteiger partial charge is 0.449 e. The highest BCUT2D eigenvalue weighted by atomic mass is 32.2. The monoisotopic (exact) mass is 516 g/mol. The van der Waals surface area contributed by atoms with Crippen molar-refractivity contribution in [3.05, 3.63) is 23.8 Å². The first-order valence-corrected chi connectivity index (χ1v) is 17.9. The molecular formula is C26H40N4O3SSi. The van der Waals surface area contributed by atoms with Crippen molar-refractivity contribution in [2.75, 3.05) is 55.0 Å². The third-order valence-electron chi connectivity index (χ3n) is 7.07. The van der Waals surface area contributed by atoms with Crippen LogP contribution in [-0.4, -0.2) is 75.4 Å². The van der Waals surface area contributed by atoms with Crippen molar-refractivity contribution in [1.82, 2.24) is 4.90 Å². The predicted molar refractivity (Wildman–Crippen MR) is 149 cm³/mol. The Morgan fingerprint density at radius 2 is 1.91 bits per heavy atom. The van der Waals surface area contributed by atoms with Crippen LogP contribution >= 0.6 is 11.8 Å². The van der Waals surface area contributed by atoms with Gasteiger partial charge in [0.2, 0.25) is 5.91 Å². The molecule has 0 N–H and O–H groups in total. The van der Waals surface area contributed by atoms with E-state index in [-0.39, 0.29) is 12.0 Å². The molecule has 35 heavy (non-hydrogen) atoms. The fourth-order valence-corrected chi connectivity index (χ4v) is 6.44. The molecule has 7 nitrogen and oxygen atoms in total. The number of aliphatic imine (C=N–C) groups is 1. The average Bonchev–Trinajstić information content (AvgIpc) is 3.45. The number of hydrogen-bond donors (Lipinski definition) is 0. The van der Waals surface area contributed by atoms with Gasteiger partial charge in [0.15, 0.2) is 5.17 Å². The summed E-state index contributed by atoms with van der Waals surface area (Å²) in [6.45, 7) is 11.0. The molecule has 2 amide bonds. The lowest BCUT2D eigenvalue weighted by Crippen LogP contribution is -2.38. The number of hydrogen-bond acceptors (Lipinski definition) is 5. The van der Waals surface area contributed by atoms with Gasteiger partial charge in [0.25, 0.3) is 0 Å². The maximum atomic E-state index is 12.8. The number of likely N-dealkylation sites (tertiary alicyclic amines) is 1. The van der Waals surface area contributed by atoms with Gasteiger partial charge in [0, 0.05) is 44.5 Å². The lowest BCUT2D eigenvalue weighted by Gasteiger charge is -2.34. The van der Waals surface area contributed by atoms with E-state index in [1.807, 2.05) is 17.0 Å². The van der Waals surface area contributed by atoms with Gasteiger partial charge in [-0.2, -0.15) is 0 Å². The maximum Gasteiger partial charge on any atom is 0.414 e. The van der Waals surface area contributed by atoms with Crippen LogP contribution in [0.3, 0.4) is 0 Å². The van der Waals surface area contributed by atoms with Crippen molar-refractivity contribution in [1.29, 1.82) is 0 Å². The molecule has 3 aliphatic heterocycles. The summed E-state index contributed by atoms with van der Waals surface area (Å²) in [5.41, 5.74) is 2.98. The third kappa shape index (κ3) is 6.61. The smallest absolute Gasteiger partial charge is 0.414 e. The van der Waals surface area contributed by atoms with Gasteiger partial charge in [-0.15, -0.1) is 0 Å². The van der Waals surface area contributed by atoms with Crippen molar-refractivity contribution in [2.24, 2.45) is 10.9 Å². The Morgan fingerprint density at radius 1 is 1.14 bits per heavy atom. The van der Waals surface area contributed by atoms with E-state index in [1.54, 1.807) is 16.7 Å². The third-order valence-corrected chi connectivity index (χ3v) is 8.93. The Labute approximate surface area is 215 Å². The molecule has 0 aliphatic carbocycles. The van der Waals surface area contributed by atoms with E-state index >= 15 is 0 Å². The molecule has 1 aromatic rings. The summed E-state index contributed by atoms with van der Waals surface area (Å²) in [6.07, 6.45) is 8.34. The van der Waals surface area contributed by atoms with Crippen molar-refractivity contribution >= 4 is 48.4 Å². The van der Waals surface area contributed by atoms with Crippen molar-refractivity contribution in [2.45, 2.75) is 58.2 Å². The Balaban J connectivity index is 1.22. The second-order valence-electron chi connectivity index (χ2n) is 11.1. The number of carbonyl (C=O) groups is 2. The molecule has 3 aliphatic rings. The van der Waals surface area contributed by atoms with E-state index in [0.29, 0.717) is 25.5 Å². The van der Waals surface area contributed by atoms with E-state index in [0.717, 1.165) is 74.8 Å². The number of anilines is 2. The van der Waals surface area contributed by atoms with E-state index < -0.39 is 8.07 Å². The first-order chi connectivity index (χ1) is 16.7. The lowest BCUT2D eigenvalue weighted by molar-refractivity contribution is -0.117. The number of piperidine rings is 1. The van der Waals surface area contributed by atoms with Crippen LogP contribution in [0, 0.1) is 5.92 Å². The zero-order valence-corrected chi connectivity index (χ0v) is 23.5. The summed E-state index contributed by atoms with van der Waals surface area (Å²) in [5, 5.41) is 1.18. The molecule has 2 fully saturated rings. The predicted octanol–water partition coefficient (Wildman–Crippen LogP) is 5.01. The molecule has 0 atom stereocenters. The summed E-state index contributed by atoms with van der Waals surface area (Å²) in [5.74, 6) is 0.777. The highest BCUT2D eigenvalue weighted by molar-refractivity contribution is 8.13. The molecule has 0 aromatic heterocycles. The van der Waals surface area contributed by atoms with Crippen LogP contribution in [0.4, 0.5) is 16.2 Å². The summed E-state index contributed by atoms with van der Waals surface area (Å²) in [7, 11) is -1.18. The number of ether oxygens (including phenoxy) is 1. The molecule has 0 saturated carbocycles. The fourth-order valence-electron chi connectivity index (χ4n) is 5.07.